The van der Waals surface area contributed by atoms with E-state index in [2.05, 4.69) is 15.6 Å². The van der Waals surface area contributed by atoms with Gasteiger partial charge in [-0.05, 0) is 49.7 Å². The Morgan fingerprint density at radius 3 is 2.76 bits per heavy atom. The Hall–Kier alpha value is -2.73. The number of hydrogen-bond donors (Lipinski definition) is 2. The van der Waals surface area contributed by atoms with Crippen LogP contribution in [0.15, 0.2) is 48.8 Å². The molecule has 130 valence electrons. The minimum absolute atomic E-state index is 0.128. The van der Waals surface area contributed by atoms with Crippen LogP contribution in [0.25, 0.3) is 5.65 Å². The first kappa shape index (κ1) is 17.1. The van der Waals surface area contributed by atoms with Crippen LogP contribution in [0.4, 0.5) is 4.39 Å². The molecule has 2 N–H and O–H groups in total. The molecule has 0 saturated carbocycles. The highest BCUT2D eigenvalue weighted by Gasteiger charge is 2.11. The third kappa shape index (κ3) is 4.42. The molecule has 6 heteroatoms. The lowest BCUT2D eigenvalue weighted by molar-refractivity contribution is 0.0955. The molecular weight excluding hydrogens is 319 g/mol. The molecule has 0 aliphatic carbocycles. The summed E-state index contributed by atoms with van der Waals surface area (Å²) in [7, 11) is 0. The predicted molar refractivity (Wildman–Crippen MR) is 95.2 cm³/mol. The van der Waals surface area contributed by atoms with Crippen LogP contribution in [0.2, 0.25) is 0 Å². The Labute approximate surface area is 145 Å². The molecule has 0 aliphatic rings. The number of fused-ring (bicyclic) bond motifs is 1. The smallest absolute Gasteiger partial charge is 0.255 e. The van der Waals surface area contributed by atoms with Crippen molar-refractivity contribution >= 4 is 11.6 Å². The van der Waals surface area contributed by atoms with Gasteiger partial charge >= 0.3 is 0 Å². The van der Waals surface area contributed by atoms with Gasteiger partial charge in [-0.1, -0.05) is 12.1 Å². The zero-order valence-corrected chi connectivity index (χ0v) is 14.1. The predicted octanol–water partition coefficient (Wildman–Crippen LogP) is 2.34. The Balaban J connectivity index is 1.42. The molecule has 0 atom stereocenters. The molecular formula is C19H21FN4O. The van der Waals surface area contributed by atoms with Gasteiger partial charge in [0.15, 0.2) is 0 Å². The standard InChI is InChI=1S/C19H21FN4O/c1-14-13-24-12-2-3-17(18(24)23-14)19(25)22-11-10-21-9-8-15-4-6-16(20)7-5-15/h2-7,12-13,21H,8-11H2,1H3,(H,22,25). The fourth-order valence-electron chi connectivity index (χ4n) is 2.68. The van der Waals surface area contributed by atoms with Crippen molar-refractivity contribution in [2.45, 2.75) is 13.3 Å². The van der Waals surface area contributed by atoms with Crippen LogP contribution < -0.4 is 10.6 Å². The molecule has 0 radical (unpaired) electrons. The van der Waals surface area contributed by atoms with Gasteiger partial charge in [-0.25, -0.2) is 9.37 Å². The third-order valence-electron chi connectivity index (χ3n) is 3.94. The highest BCUT2D eigenvalue weighted by Crippen LogP contribution is 2.10. The maximum Gasteiger partial charge on any atom is 0.255 e. The van der Waals surface area contributed by atoms with Gasteiger partial charge in [-0.3, -0.25) is 4.79 Å². The molecule has 0 fully saturated rings. The van der Waals surface area contributed by atoms with E-state index in [0.717, 1.165) is 24.2 Å². The maximum absolute atomic E-state index is 12.8. The highest BCUT2D eigenvalue weighted by atomic mass is 19.1. The molecule has 1 aromatic carbocycles. The Bertz CT molecular complexity index is 857. The summed E-state index contributed by atoms with van der Waals surface area (Å²) >= 11 is 0. The van der Waals surface area contributed by atoms with Crippen LogP contribution >= 0.6 is 0 Å². The van der Waals surface area contributed by atoms with Gasteiger partial charge in [0.1, 0.15) is 11.5 Å². The molecule has 0 spiro atoms. The highest BCUT2D eigenvalue weighted by molar-refractivity contribution is 5.99. The number of carbonyl (C=O) groups is 1. The van der Waals surface area contributed by atoms with E-state index < -0.39 is 0 Å². The molecule has 5 nitrogen and oxygen atoms in total. The minimum Gasteiger partial charge on any atom is -0.351 e. The van der Waals surface area contributed by atoms with Gasteiger partial charge < -0.3 is 15.0 Å². The number of hydrogen-bond acceptors (Lipinski definition) is 3. The van der Waals surface area contributed by atoms with E-state index >= 15 is 0 Å². The number of benzene rings is 1. The van der Waals surface area contributed by atoms with Crippen molar-refractivity contribution in [1.82, 2.24) is 20.0 Å². The summed E-state index contributed by atoms with van der Waals surface area (Å²) in [4.78, 5) is 16.7. The van der Waals surface area contributed by atoms with Crippen molar-refractivity contribution in [2.24, 2.45) is 0 Å². The van der Waals surface area contributed by atoms with Gasteiger partial charge in [0.25, 0.3) is 5.91 Å². The van der Waals surface area contributed by atoms with Crippen LogP contribution in [-0.2, 0) is 6.42 Å². The Kier molecular flexibility index (Phi) is 5.40. The maximum atomic E-state index is 12.8. The largest absolute Gasteiger partial charge is 0.351 e. The Morgan fingerprint density at radius 2 is 1.96 bits per heavy atom. The summed E-state index contributed by atoms with van der Waals surface area (Å²) in [5.74, 6) is -0.348. The van der Waals surface area contributed by atoms with E-state index in [1.54, 1.807) is 18.2 Å². The van der Waals surface area contributed by atoms with E-state index in [1.165, 1.54) is 12.1 Å². The van der Waals surface area contributed by atoms with Crippen LogP contribution in [0.3, 0.4) is 0 Å². The van der Waals surface area contributed by atoms with Gasteiger partial charge in [0.05, 0.1) is 11.3 Å². The van der Waals surface area contributed by atoms with Gasteiger partial charge in [0, 0.05) is 25.5 Å². The number of rotatable bonds is 7. The molecule has 0 saturated heterocycles. The first-order valence-corrected chi connectivity index (χ1v) is 8.31. The van der Waals surface area contributed by atoms with Crippen molar-refractivity contribution in [3.63, 3.8) is 0 Å². The molecule has 0 unspecified atom stereocenters. The minimum atomic E-state index is -0.220. The van der Waals surface area contributed by atoms with Crippen LogP contribution in [-0.4, -0.2) is 34.9 Å². The number of pyridine rings is 1. The molecule has 0 bridgehead atoms. The number of aryl methyl sites for hydroxylation is 1. The summed E-state index contributed by atoms with van der Waals surface area (Å²) in [5.41, 5.74) is 3.20. The lowest BCUT2D eigenvalue weighted by atomic mass is 10.1. The zero-order chi connectivity index (χ0) is 17.6. The second-order valence-electron chi connectivity index (χ2n) is 5.92. The monoisotopic (exact) mass is 340 g/mol. The topological polar surface area (TPSA) is 58.4 Å². The van der Waals surface area contributed by atoms with E-state index in [0.29, 0.717) is 24.3 Å². The molecule has 2 aromatic heterocycles. The lowest BCUT2D eigenvalue weighted by Gasteiger charge is -2.08. The third-order valence-corrected chi connectivity index (χ3v) is 3.94. The number of halogens is 1. The SMILES string of the molecule is Cc1cn2cccc(C(=O)NCCNCCc3ccc(F)cc3)c2n1. The number of nitrogens with zero attached hydrogens (tertiary/aromatic N) is 2. The summed E-state index contributed by atoms with van der Waals surface area (Å²) in [6, 6.07) is 10.1. The van der Waals surface area contributed by atoms with Crippen LogP contribution in [0.5, 0.6) is 0 Å². The summed E-state index contributed by atoms with van der Waals surface area (Å²) in [6.07, 6.45) is 4.59. The van der Waals surface area contributed by atoms with Crippen molar-refractivity contribution in [3.05, 3.63) is 71.4 Å². The van der Waals surface area contributed by atoms with E-state index in [9.17, 15) is 9.18 Å². The van der Waals surface area contributed by atoms with Gasteiger partial charge in [-0.15, -0.1) is 0 Å². The van der Waals surface area contributed by atoms with Crippen LogP contribution in [0, 0.1) is 12.7 Å². The Morgan fingerprint density at radius 1 is 1.16 bits per heavy atom. The molecule has 2 heterocycles. The second kappa shape index (κ2) is 7.90. The summed E-state index contributed by atoms with van der Waals surface area (Å²) < 4.78 is 14.7. The second-order valence-corrected chi connectivity index (χ2v) is 5.92. The van der Waals surface area contributed by atoms with Gasteiger partial charge in [0.2, 0.25) is 0 Å². The molecule has 1 amide bonds. The van der Waals surface area contributed by atoms with Crippen LogP contribution in [0.1, 0.15) is 21.6 Å². The van der Waals surface area contributed by atoms with Crippen molar-refractivity contribution < 1.29 is 9.18 Å². The first-order chi connectivity index (χ1) is 12.1. The molecule has 25 heavy (non-hydrogen) atoms. The van der Waals surface area contributed by atoms with E-state index in [-0.39, 0.29) is 11.7 Å². The molecule has 3 aromatic rings. The fraction of sp³-hybridized carbons (Fsp3) is 0.263. The number of carbonyl (C=O) groups excluding carboxylic acids is 1. The quantitative estimate of drug-likeness (QED) is 0.649. The lowest BCUT2D eigenvalue weighted by Crippen LogP contribution is -2.32. The number of aromatic nitrogens is 2. The number of imidazole rings is 1. The van der Waals surface area contributed by atoms with Gasteiger partial charge in [-0.2, -0.15) is 0 Å². The average Bonchev–Trinajstić information content (AvgIpc) is 2.99. The number of amides is 1. The van der Waals surface area contributed by atoms with Crippen molar-refractivity contribution in [1.29, 1.82) is 0 Å². The van der Waals surface area contributed by atoms with E-state index in [1.807, 2.05) is 29.8 Å². The van der Waals surface area contributed by atoms with Crippen molar-refractivity contribution in [2.75, 3.05) is 19.6 Å². The number of nitrogens with one attached hydrogen (secondary N) is 2. The normalized spacial score (nSPS) is 11.0. The molecule has 3 rings (SSSR count). The fourth-order valence-corrected chi connectivity index (χ4v) is 2.68. The summed E-state index contributed by atoms with van der Waals surface area (Å²) in [5, 5.41) is 6.17. The zero-order valence-electron chi connectivity index (χ0n) is 14.1. The first-order valence-electron chi connectivity index (χ1n) is 8.31. The van der Waals surface area contributed by atoms with Crippen molar-refractivity contribution in [3.8, 4) is 0 Å². The van der Waals surface area contributed by atoms with E-state index in [4.69, 9.17) is 0 Å². The summed E-state index contributed by atoms with van der Waals surface area (Å²) in [6.45, 7) is 3.88. The average molecular weight is 340 g/mol. The molecule has 0 aliphatic heterocycles.